The molecule has 7 heteroatoms. The quantitative estimate of drug-likeness (QED) is 0.921. The lowest BCUT2D eigenvalue weighted by Crippen LogP contribution is -2.32. The van der Waals surface area contributed by atoms with Gasteiger partial charge in [-0.1, -0.05) is 18.0 Å². The molecule has 1 heterocycles. The molecule has 1 N–H and O–H groups in total. The van der Waals surface area contributed by atoms with E-state index in [0.29, 0.717) is 11.8 Å². The largest absolute Gasteiger partial charge is 0.240 e. The molecule has 0 aliphatic carbocycles. The highest BCUT2D eigenvalue weighted by Gasteiger charge is 2.19. The Kier molecular flexibility index (Phi) is 5.33. The number of hydrogen-bond acceptors (Lipinski definition) is 4. The second-order valence-electron chi connectivity index (χ2n) is 4.59. The molecule has 0 bridgehead atoms. The Hall–Kier alpha value is -0.740. The molecule has 1 saturated heterocycles. The van der Waals surface area contributed by atoms with Crippen LogP contribution in [-0.2, 0) is 10.0 Å². The van der Waals surface area contributed by atoms with Crippen molar-refractivity contribution < 1.29 is 8.42 Å². The Balaban J connectivity index is 2.06. The van der Waals surface area contributed by atoms with Crippen molar-refractivity contribution >= 4 is 33.4 Å². The number of nitrogens with zero attached hydrogens (tertiary/aromatic N) is 1. The van der Waals surface area contributed by atoms with Gasteiger partial charge in [0.15, 0.2) is 0 Å². The number of sulfonamides is 1. The van der Waals surface area contributed by atoms with Gasteiger partial charge in [-0.2, -0.15) is 17.0 Å². The maximum atomic E-state index is 12.2. The molecule has 1 aliphatic heterocycles. The molecule has 1 unspecified atom stereocenters. The first-order valence-corrected chi connectivity index (χ1v) is 9.25. The van der Waals surface area contributed by atoms with Crippen molar-refractivity contribution in [3.8, 4) is 6.07 Å². The minimum absolute atomic E-state index is 0.0994. The van der Waals surface area contributed by atoms with Crippen LogP contribution in [0, 0.1) is 11.3 Å². The standard InChI is InChI=1S/C13H15ClN2O2S2/c14-13-7-12(5-4-10(13)8-15)20(17,18)16-9-11-3-1-2-6-19-11/h4-5,7,11,16H,1-3,6,9H2. The van der Waals surface area contributed by atoms with E-state index in [1.165, 1.54) is 24.6 Å². The van der Waals surface area contributed by atoms with Crippen molar-refractivity contribution in [2.45, 2.75) is 29.4 Å². The second kappa shape index (κ2) is 6.81. The van der Waals surface area contributed by atoms with Gasteiger partial charge in [0.25, 0.3) is 0 Å². The van der Waals surface area contributed by atoms with Gasteiger partial charge in [-0.05, 0) is 36.8 Å². The van der Waals surface area contributed by atoms with Crippen LogP contribution in [0.3, 0.4) is 0 Å². The van der Waals surface area contributed by atoms with Crippen LogP contribution in [0.25, 0.3) is 0 Å². The number of halogens is 1. The van der Waals surface area contributed by atoms with Crippen molar-refractivity contribution in [2.75, 3.05) is 12.3 Å². The Morgan fingerprint density at radius 2 is 2.25 bits per heavy atom. The lowest BCUT2D eigenvalue weighted by Gasteiger charge is -2.21. The number of thioether (sulfide) groups is 1. The summed E-state index contributed by atoms with van der Waals surface area (Å²) >= 11 is 7.68. The molecular formula is C13H15ClN2O2S2. The third-order valence-electron chi connectivity index (χ3n) is 3.15. The zero-order chi connectivity index (χ0) is 14.6. The fraction of sp³-hybridized carbons (Fsp3) is 0.462. The Labute approximate surface area is 128 Å². The zero-order valence-corrected chi connectivity index (χ0v) is 13.2. The summed E-state index contributed by atoms with van der Waals surface area (Å²) in [5, 5.41) is 9.28. The molecule has 1 aliphatic rings. The van der Waals surface area contributed by atoms with E-state index in [2.05, 4.69) is 4.72 Å². The van der Waals surface area contributed by atoms with Gasteiger partial charge in [-0.15, -0.1) is 0 Å². The molecule has 2 rings (SSSR count). The summed E-state index contributed by atoms with van der Waals surface area (Å²) in [6.07, 6.45) is 3.41. The Morgan fingerprint density at radius 3 is 2.85 bits per heavy atom. The van der Waals surface area contributed by atoms with Gasteiger partial charge >= 0.3 is 0 Å². The highest BCUT2D eigenvalue weighted by atomic mass is 35.5. The van der Waals surface area contributed by atoms with E-state index in [0.717, 1.165) is 18.6 Å². The molecule has 0 aromatic heterocycles. The SMILES string of the molecule is N#Cc1ccc(S(=O)(=O)NCC2CCCCS2)cc1Cl. The van der Waals surface area contributed by atoms with Gasteiger partial charge < -0.3 is 0 Å². The lowest BCUT2D eigenvalue weighted by atomic mass is 10.2. The van der Waals surface area contributed by atoms with Crippen LogP contribution < -0.4 is 4.72 Å². The molecular weight excluding hydrogens is 316 g/mol. The molecule has 1 aromatic carbocycles. The predicted octanol–water partition coefficient (Wildman–Crippen LogP) is 2.78. The van der Waals surface area contributed by atoms with Crippen molar-refractivity contribution in [1.82, 2.24) is 4.72 Å². The third-order valence-corrected chi connectivity index (χ3v) is 6.28. The maximum absolute atomic E-state index is 12.2. The van der Waals surface area contributed by atoms with Gasteiger partial charge in [0, 0.05) is 11.8 Å². The molecule has 108 valence electrons. The molecule has 0 spiro atoms. The van der Waals surface area contributed by atoms with Crippen LogP contribution in [0.15, 0.2) is 23.1 Å². The zero-order valence-electron chi connectivity index (χ0n) is 10.8. The smallest absolute Gasteiger partial charge is 0.210 e. The molecule has 0 saturated carbocycles. The number of hydrogen-bond donors (Lipinski definition) is 1. The van der Waals surface area contributed by atoms with E-state index in [1.807, 2.05) is 17.8 Å². The minimum Gasteiger partial charge on any atom is -0.210 e. The van der Waals surface area contributed by atoms with Gasteiger partial charge in [0.1, 0.15) is 6.07 Å². The summed E-state index contributed by atoms with van der Waals surface area (Å²) in [4.78, 5) is 0.0994. The first kappa shape index (κ1) is 15.6. The summed E-state index contributed by atoms with van der Waals surface area (Å²) < 4.78 is 26.9. The summed E-state index contributed by atoms with van der Waals surface area (Å²) in [5.41, 5.74) is 0.272. The number of benzene rings is 1. The van der Waals surface area contributed by atoms with Gasteiger partial charge in [-0.3, -0.25) is 0 Å². The van der Waals surface area contributed by atoms with E-state index in [4.69, 9.17) is 16.9 Å². The minimum atomic E-state index is -3.56. The van der Waals surface area contributed by atoms with E-state index in [9.17, 15) is 8.42 Å². The van der Waals surface area contributed by atoms with Gasteiger partial charge in [-0.25, -0.2) is 13.1 Å². The highest BCUT2D eigenvalue weighted by Crippen LogP contribution is 2.25. The van der Waals surface area contributed by atoms with E-state index < -0.39 is 10.0 Å². The first-order valence-electron chi connectivity index (χ1n) is 6.34. The lowest BCUT2D eigenvalue weighted by molar-refractivity contribution is 0.574. The molecule has 0 radical (unpaired) electrons. The van der Waals surface area contributed by atoms with Crippen molar-refractivity contribution in [1.29, 1.82) is 5.26 Å². The predicted molar refractivity (Wildman–Crippen MR) is 81.5 cm³/mol. The summed E-state index contributed by atoms with van der Waals surface area (Å²) in [7, 11) is -3.56. The number of rotatable bonds is 4. The maximum Gasteiger partial charge on any atom is 0.240 e. The van der Waals surface area contributed by atoms with Crippen molar-refractivity contribution in [2.24, 2.45) is 0 Å². The summed E-state index contributed by atoms with van der Waals surface area (Å²) in [5.74, 6) is 1.09. The molecule has 1 fully saturated rings. The van der Waals surface area contributed by atoms with Crippen molar-refractivity contribution in [3.05, 3.63) is 28.8 Å². The van der Waals surface area contributed by atoms with Gasteiger partial charge in [0.2, 0.25) is 10.0 Å². The topological polar surface area (TPSA) is 70.0 Å². The Bertz CT molecular complexity index is 620. The summed E-state index contributed by atoms with van der Waals surface area (Å²) in [6.45, 7) is 0.435. The normalized spacial score (nSPS) is 19.5. The second-order valence-corrected chi connectivity index (χ2v) is 8.18. The molecule has 20 heavy (non-hydrogen) atoms. The van der Waals surface area contributed by atoms with Crippen LogP contribution in [0.1, 0.15) is 24.8 Å². The molecule has 1 aromatic rings. The highest BCUT2D eigenvalue weighted by molar-refractivity contribution is 8.00. The summed E-state index contributed by atoms with van der Waals surface area (Å²) in [6, 6.07) is 6.05. The van der Waals surface area contributed by atoms with E-state index >= 15 is 0 Å². The van der Waals surface area contributed by atoms with Crippen molar-refractivity contribution in [3.63, 3.8) is 0 Å². The van der Waals surface area contributed by atoms with E-state index in [-0.39, 0.29) is 15.5 Å². The third kappa shape index (κ3) is 3.89. The average molecular weight is 331 g/mol. The average Bonchev–Trinajstić information content (AvgIpc) is 2.46. The van der Waals surface area contributed by atoms with Crippen LogP contribution in [0.4, 0.5) is 0 Å². The fourth-order valence-corrected chi connectivity index (χ4v) is 4.75. The van der Waals surface area contributed by atoms with Crippen LogP contribution in [-0.4, -0.2) is 26.0 Å². The monoisotopic (exact) mass is 330 g/mol. The van der Waals surface area contributed by atoms with E-state index in [1.54, 1.807) is 0 Å². The van der Waals surface area contributed by atoms with Gasteiger partial charge in [0.05, 0.1) is 15.5 Å². The Morgan fingerprint density at radius 1 is 1.45 bits per heavy atom. The molecule has 1 atom stereocenters. The van der Waals surface area contributed by atoms with Crippen LogP contribution >= 0.6 is 23.4 Å². The van der Waals surface area contributed by atoms with Crippen LogP contribution in [0.5, 0.6) is 0 Å². The fourth-order valence-electron chi connectivity index (χ4n) is 2.01. The first-order chi connectivity index (χ1) is 9.53. The number of nitrogens with one attached hydrogen (secondary N) is 1. The number of nitriles is 1. The molecule has 4 nitrogen and oxygen atoms in total. The van der Waals surface area contributed by atoms with Crippen LogP contribution in [0.2, 0.25) is 5.02 Å². The molecule has 0 amide bonds.